The van der Waals surface area contributed by atoms with E-state index in [0.717, 1.165) is 26.2 Å². The first kappa shape index (κ1) is 13.7. The molecule has 0 saturated carbocycles. The third-order valence-corrected chi connectivity index (χ3v) is 3.40. The van der Waals surface area contributed by atoms with Gasteiger partial charge in [-0.15, -0.1) is 0 Å². The molecule has 4 N–H and O–H groups in total. The summed E-state index contributed by atoms with van der Waals surface area (Å²) in [6, 6.07) is 5.00. The van der Waals surface area contributed by atoms with Crippen LogP contribution in [0.4, 0.5) is 11.4 Å². The highest BCUT2D eigenvalue weighted by atomic mass is 16.5. The number of nitrogen functional groups attached to an aromatic ring is 2. The van der Waals surface area contributed by atoms with E-state index in [0.29, 0.717) is 29.4 Å². The lowest BCUT2D eigenvalue weighted by atomic mass is 10.1. The number of hydrogen-bond acceptors (Lipinski definition) is 4. The van der Waals surface area contributed by atoms with Gasteiger partial charge in [-0.05, 0) is 31.5 Å². The van der Waals surface area contributed by atoms with E-state index in [9.17, 15) is 4.79 Å². The van der Waals surface area contributed by atoms with E-state index in [2.05, 4.69) is 0 Å². The minimum Gasteiger partial charge on any atom is -0.399 e. The van der Waals surface area contributed by atoms with Gasteiger partial charge in [0.2, 0.25) is 0 Å². The van der Waals surface area contributed by atoms with E-state index in [1.54, 1.807) is 18.2 Å². The third kappa shape index (κ3) is 3.38. The molecule has 1 atom stereocenters. The molecule has 5 heteroatoms. The van der Waals surface area contributed by atoms with Crippen LogP contribution in [-0.2, 0) is 4.74 Å². The number of carbonyl (C=O) groups excluding carboxylic acids is 1. The van der Waals surface area contributed by atoms with Crippen LogP contribution in [0.1, 0.15) is 23.7 Å². The summed E-state index contributed by atoms with van der Waals surface area (Å²) < 4.78 is 5.35. The van der Waals surface area contributed by atoms with Crippen molar-refractivity contribution in [2.45, 2.75) is 13.3 Å². The van der Waals surface area contributed by atoms with Gasteiger partial charge in [0.1, 0.15) is 0 Å². The SMILES string of the molecule is CCN(CC1CCOC1)C(=O)c1cc(N)cc(N)c1. The van der Waals surface area contributed by atoms with Crippen molar-refractivity contribution in [3.63, 3.8) is 0 Å². The molecule has 0 bridgehead atoms. The van der Waals surface area contributed by atoms with Crippen molar-refractivity contribution in [1.29, 1.82) is 0 Å². The lowest BCUT2D eigenvalue weighted by molar-refractivity contribution is 0.0731. The Hall–Kier alpha value is -1.75. The van der Waals surface area contributed by atoms with Crippen LogP contribution in [0.5, 0.6) is 0 Å². The summed E-state index contributed by atoms with van der Waals surface area (Å²) >= 11 is 0. The maximum atomic E-state index is 12.4. The van der Waals surface area contributed by atoms with E-state index < -0.39 is 0 Å². The number of anilines is 2. The van der Waals surface area contributed by atoms with Crippen LogP contribution in [-0.4, -0.2) is 37.1 Å². The van der Waals surface area contributed by atoms with Crippen LogP contribution in [0.15, 0.2) is 18.2 Å². The number of amides is 1. The Labute approximate surface area is 113 Å². The average molecular weight is 263 g/mol. The molecule has 2 rings (SSSR count). The van der Waals surface area contributed by atoms with E-state index in [-0.39, 0.29) is 5.91 Å². The molecular weight excluding hydrogens is 242 g/mol. The molecule has 0 aromatic heterocycles. The zero-order valence-electron chi connectivity index (χ0n) is 11.3. The van der Waals surface area contributed by atoms with Crippen LogP contribution in [0.2, 0.25) is 0 Å². The fraction of sp³-hybridized carbons (Fsp3) is 0.500. The number of benzene rings is 1. The summed E-state index contributed by atoms with van der Waals surface area (Å²) in [7, 11) is 0. The van der Waals surface area contributed by atoms with Crippen molar-refractivity contribution in [2.24, 2.45) is 5.92 Å². The fourth-order valence-corrected chi connectivity index (χ4v) is 2.38. The van der Waals surface area contributed by atoms with Gasteiger partial charge in [-0.2, -0.15) is 0 Å². The lowest BCUT2D eigenvalue weighted by Crippen LogP contribution is -2.35. The molecule has 1 aliphatic rings. The molecule has 104 valence electrons. The van der Waals surface area contributed by atoms with Crippen molar-refractivity contribution in [1.82, 2.24) is 4.90 Å². The van der Waals surface area contributed by atoms with Gasteiger partial charge in [-0.1, -0.05) is 0 Å². The van der Waals surface area contributed by atoms with Crippen molar-refractivity contribution < 1.29 is 9.53 Å². The van der Waals surface area contributed by atoms with E-state index >= 15 is 0 Å². The second kappa shape index (κ2) is 5.93. The Morgan fingerprint density at radius 1 is 1.37 bits per heavy atom. The zero-order valence-corrected chi connectivity index (χ0v) is 11.3. The normalized spacial score (nSPS) is 18.5. The van der Waals surface area contributed by atoms with Gasteiger partial charge < -0.3 is 21.1 Å². The monoisotopic (exact) mass is 263 g/mol. The van der Waals surface area contributed by atoms with Crippen LogP contribution < -0.4 is 11.5 Å². The molecule has 1 aromatic rings. The molecular formula is C14H21N3O2. The van der Waals surface area contributed by atoms with Crippen LogP contribution in [0.3, 0.4) is 0 Å². The molecule has 0 radical (unpaired) electrons. The van der Waals surface area contributed by atoms with Crippen molar-refractivity contribution in [3.05, 3.63) is 23.8 Å². The predicted molar refractivity (Wildman–Crippen MR) is 75.8 cm³/mol. The van der Waals surface area contributed by atoms with Gasteiger partial charge in [-0.3, -0.25) is 4.79 Å². The molecule has 0 aliphatic carbocycles. The Balaban J connectivity index is 2.10. The molecule has 1 fully saturated rings. The first-order valence-electron chi connectivity index (χ1n) is 6.63. The van der Waals surface area contributed by atoms with Gasteiger partial charge in [0, 0.05) is 42.6 Å². The van der Waals surface area contributed by atoms with E-state index in [4.69, 9.17) is 16.2 Å². The van der Waals surface area contributed by atoms with Crippen LogP contribution >= 0.6 is 0 Å². The van der Waals surface area contributed by atoms with Gasteiger partial charge in [0.25, 0.3) is 5.91 Å². The van der Waals surface area contributed by atoms with Crippen LogP contribution in [0.25, 0.3) is 0 Å². The minimum absolute atomic E-state index is 0.0200. The minimum atomic E-state index is -0.0200. The van der Waals surface area contributed by atoms with Gasteiger partial charge >= 0.3 is 0 Å². The number of carbonyl (C=O) groups is 1. The molecule has 0 spiro atoms. The molecule has 19 heavy (non-hydrogen) atoms. The topological polar surface area (TPSA) is 81.6 Å². The van der Waals surface area contributed by atoms with Crippen molar-refractivity contribution in [3.8, 4) is 0 Å². The summed E-state index contributed by atoms with van der Waals surface area (Å²) in [5.74, 6) is 0.413. The lowest BCUT2D eigenvalue weighted by Gasteiger charge is -2.24. The van der Waals surface area contributed by atoms with E-state index in [1.807, 2.05) is 11.8 Å². The van der Waals surface area contributed by atoms with Gasteiger partial charge in [0.15, 0.2) is 0 Å². The highest BCUT2D eigenvalue weighted by molar-refractivity contribution is 5.96. The zero-order chi connectivity index (χ0) is 13.8. The largest absolute Gasteiger partial charge is 0.399 e. The second-order valence-corrected chi connectivity index (χ2v) is 4.96. The second-order valence-electron chi connectivity index (χ2n) is 4.96. The van der Waals surface area contributed by atoms with Crippen molar-refractivity contribution in [2.75, 3.05) is 37.8 Å². The Kier molecular flexibility index (Phi) is 4.27. The molecule has 1 heterocycles. The number of rotatable bonds is 4. The highest BCUT2D eigenvalue weighted by Crippen LogP contribution is 2.18. The third-order valence-electron chi connectivity index (χ3n) is 3.40. The fourth-order valence-electron chi connectivity index (χ4n) is 2.38. The first-order valence-corrected chi connectivity index (χ1v) is 6.63. The Bertz CT molecular complexity index is 436. The maximum absolute atomic E-state index is 12.4. The summed E-state index contributed by atoms with van der Waals surface area (Å²) in [5, 5.41) is 0. The smallest absolute Gasteiger partial charge is 0.254 e. The van der Waals surface area contributed by atoms with Gasteiger partial charge in [0.05, 0.1) is 6.61 Å². The first-order chi connectivity index (χ1) is 9.10. The standard InChI is InChI=1S/C14H21N3O2/c1-2-17(8-10-3-4-19-9-10)14(18)11-5-12(15)7-13(16)6-11/h5-7,10H,2-4,8-9,15-16H2,1H3. The average Bonchev–Trinajstić information content (AvgIpc) is 2.86. The maximum Gasteiger partial charge on any atom is 0.254 e. The summed E-state index contributed by atoms with van der Waals surface area (Å²) in [4.78, 5) is 14.3. The molecule has 1 aliphatic heterocycles. The molecule has 1 aromatic carbocycles. The number of nitrogens with zero attached hydrogens (tertiary/aromatic N) is 1. The van der Waals surface area contributed by atoms with Crippen LogP contribution in [0, 0.1) is 5.92 Å². The number of ether oxygens (including phenoxy) is 1. The highest BCUT2D eigenvalue weighted by Gasteiger charge is 2.22. The summed E-state index contributed by atoms with van der Waals surface area (Å²) in [6.07, 6.45) is 1.02. The Morgan fingerprint density at radius 2 is 2.05 bits per heavy atom. The molecule has 1 unspecified atom stereocenters. The quantitative estimate of drug-likeness (QED) is 0.803. The molecule has 1 amide bonds. The summed E-state index contributed by atoms with van der Waals surface area (Å²) in [6.45, 7) is 4.90. The van der Waals surface area contributed by atoms with E-state index in [1.165, 1.54) is 0 Å². The van der Waals surface area contributed by atoms with Gasteiger partial charge in [-0.25, -0.2) is 0 Å². The predicted octanol–water partition coefficient (Wildman–Crippen LogP) is 1.35. The van der Waals surface area contributed by atoms with Crippen molar-refractivity contribution >= 4 is 17.3 Å². The number of hydrogen-bond donors (Lipinski definition) is 2. The molecule has 1 saturated heterocycles. The Morgan fingerprint density at radius 3 is 2.58 bits per heavy atom. The number of nitrogens with two attached hydrogens (primary N) is 2. The molecule has 5 nitrogen and oxygen atoms in total. The summed E-state index contributed by atoms with van der Waals surface area (Å²) in [5.41, 5.74) is 13.1.